The lowest BCUT2D eigenvalue weighted by molar-refractivity contribution is 0.0706. The monoisotopic (exact) mass is 491 g/mol. The number of aromatic nitrogens is 2. The summed E-state index contributed by atoms with van der Waals surface area (Å²) in [5, 5.41) is 12.2. The molecule has 1 aliphatic rings. The first kappa shape index (κ1) is 22.6. The third kappa shape index (κ3) is 4.34. The fourth-order valence-corrected chi connectivity index (χ4v) is 3.99. The molecule has 0 saturated carbocycles. The van der Waals surface area contributed by atoms with E-state index in [9.17, 15) is 13.6 Å². The summed E-state index contributed by atoms with van der Waals surface area (Å²) in [6, 6.07) is 15.0. The van der Waals surface area contributed by atoms with Crippen LogP contribution in [0.3, 0.4) is 0 Å². The molecule has 1 aromatic heterocycles. The largest absolute Gasteiger partial charge is 0.324 e. The SMILES string of the molecule is O=C(NO)c1ccc(Nc2ncc3c(n2)-c2ccc(Cl)cc2C(c2c(F)cccc2F)=NC3)cc1. The van der Waals surface area contributed by atoms with E-state index in [1.165, 1.54) is 30.3 Å². The Balaban J connectivity index is 1.56. The Bertz CT molecular complexity index is 1470. The highest BCUT2D eigenvalue weighted by atomic mass is 35.5. The minimum atomic E-state index is -0.729. The number of fused-ring (bicyclic) bond motifs is 3. The van der Waals surface area contributed by atoms with E-state index in [0.29, 0.717) is 33.1 Å². The highest BCUT2D eigenvalue weighted by Crippen LogP contribution is 2.34. The molecule has 0 spiro atoms. The van der Waals surface area contributed by atoms with E-state index in [-0.39, 0.29) is 29.3 Å². The molecule has 0 aliphatic carbocycles. The van der Waals surface area contributed by atoms with Crippen LogP contribution in [0.1, 0.15) is 27.0 Å². The van der Waals surface area contributed by atoms with E-state index in [1.54, 1.807) is 42.0 Å². The van der Waals surface area contributed by atoms with E-state index in [2.05, 4.69) is 20.3 Å². The number of nitrogens with zero attached hydrogens (tertiary/aromatic N) is 3. The fourth-order valence-electron chi connectivity index (χ4n) is 3.82. The first-order valence-corrected chi connectivity index (χ1v) is 10.8. The quantitative estimate of drug-likeness (QED) is 0.266. The zero-order valence-corrected chi connectivity index (χ0v) is 18.6. The minimum absolute atomic E-state index is 0.107. The molecule has 1 amide bonds. The smallest absolute Gasteiger partial charge is 0.274 e. The van der Waals surface area contributed by atoms with Gasteiger partial charge in [-0.1, -0.05) is 23.7 Å². The van der Waals surface area contributed by atoms with Crippen molar-refractivity contribution in [3.63, 3.8) is 0 Å². The van der Waals surface area contributed by atoms with Gasteiger partial charge in [-0.2, -0.15) is 0 Å². The van der Waals surface area contributed by atoms with Crippen molar-refractivity contribution in [1.82, 2.24) is 15.4 Å². The Morgan fingerprint density at radius 1 is 1.00 bits per heavy atom. The summed E-state index contributed by atoms with van der Waals surface area (Å²) < 4.78 is 29.3. The molecular formula is C25H16ClF2N5O2. The third-order valence-corrected chi connectivity index (χ3v) is 5.70. The standard InChI is InChI=1S/C25H16ClF2N5O2/c26-15-6-9-17-18(10-15)23(21-19(27)2-1-3-20(21)28)29-11-14-12-30-25(32-22(14)17)31-16-7-4-13(5-8-16)24(34)33-35/h1-10,12,35H,11H2,(H,33,34)(H,30,31,32). The van der Waals surface area contributed by atoms with Crippen LogP contribution in [0.5, 0.6) is 0 Å². The molecule has 4 aromatic rings. The molecule has 0 saturated heterocycles. The molecule has 0 bridgehead atoms. The van der Waals surface area contributed by atoms with Crippen molar-refractivity contribution in [2.24, 2.45) is 4.99 Å². The van der Waals surface area contributed by atoms with Crippen molar-refractivity contribution in [1.29, 1.82) is 0 Å². The second-order valence-electron chi connectivity index (χ2n) is 7.66. The first-order valence-electron chi connectivity index (χ1n) is 10.4. The number of benzene rings is 3. The average Bonchev–Trinajstić information content (AvgIpc) is 3.01. The maximum Gasteiger partial charge on any atom is 0.274 e. The molecule has 7 nitrogen and oxygen atoms in total. The maximum absolute atomic E-state index is 14.7. The predicted octanol–water partition coefficient (Wildman–Crippen LogP) is 5.29. The highest BCUT2D eigenvalue weighted by molar-refractivity contribution is 6.31. The van der Waals surface area contributed by atoms with Crippen molar-refractivity contribution in [2.45, 2.75) is 6.54 Å². The fraction of sp³-hybridized carbons (Fsp3) is 0.0400. The topological polar surface area (TPSA) is 99.5 Å². The van der Waals surface area contributed by atoms with Gasteiger partial charge in [0, 0.05) is 39.2 Å². The number of aliphatic imine (C=N–C) groups is 1. The predicted molar refractivity (Wildman–Crippen MR) is 127 cm³/mol. The van der Waals surface area contributed by atoms with E-state index < -0.39 is 17.5 Å². The Morgan fingerprint density at radius 2 is 1.74 bits per heavy atom. The van der Waals surface area contributed by atoms with Crippen LogP contribution in [-0.2, 0) is 6.54 Å². The number of hydroxylamine groups is 1. The Labute approximate surface area is 203 Å². The molecule has 0 fully saturated rings. The number of hydrogen-bond donors (Lipinski definition) is 3. The van der Waals surface area contributed by atoms with Crippen LogP contribution in [-0.4, -0.2) is 26.8 Å². The Morgan fingerprint density at radius 3 is 2.46 bits per heavy atom. The number of nitrogens with one attached hydrogen (secondary N) is 2. The lowest BCUT2D eigenvalue weighted by Gasteiger charge is -2.13. The molecule has 1 aliphatic heterocycles. The van der Waals surface area contributed by atoms with Crippen LogP contribution in [0.4, 0.5) is 20.4 Å². The summed E-state index contributed by atoms with van der Waals surface area (Å²) >= 11 is 6.24. The molecule has 10 heteroatoms. The van der Waals surface area contributed by atoms with Gasteiger partial charge in [0.2, 0.25) is 5.95 Å². The molecule has 5 rings (SSSR count). The average molecular weight is 492 g/mol. The Kier molecular flexibility index (Phi) is 5.94. The van der Waals surface area contributed by atoms with Gasteiger partial charge in [0.1, 0.15) is 11.6 Å². The van der Waals surface area contributed by atoms with Crippen molar-refractivity contribution in [3.8, 4) is 11.3 Å². The summed E-state index contributed by atoms with van der Waals surface area (Å²) in [4.78, 5) is 25.0. The molecule has 35 heavy (non-hydrogen) atoms. The van der Waals surface area contributed by atoms with Crippen LogP contribution in [0.2, 0.25) is 5.02 Å². The van der Waals surface area contributed by atoms with Gasteiger partial charge in [-0.15, -0.1) is 0 Å². The molecule has 3 N–H and O–H groups in total. The van der Waals surface area contributed by atoms with Crippen LogP contribution in [0, 0.1) is 11.6 Å². The number of halogens is 3. The number of carbonyl (C=O) groups is 1. The highest BCUT2D eigenvalue weighted by Gasteiger charge is 2.25. The molecule has 174 valence electrons. The molecule has 0 radical (unpaired) electrons. The summed E-state index contributed by atoms with van der Waals surface area (Å²) in [6.45, 7) is 0.107. The van der Waals surface area contributed by atoms with Gasteiger partial charge in [-0.3, -0.25) is 15.0 Å². The molecular weight excluding hydrogens is 476 g/mol. The van der Waals surface area contributed by atoms with E-state index >= 15 is 0 Å². The van der Waals surface area contributed by atoms with Crippen molar-refractivity contribution < 1.29 is 18.8 Å². The second-order valence-corrected chi connectivity index (χ2v) is 8.10. The summed E-state index contributed by atoms with van der Waals surface area (Å²) in [7, 11) is 0. The van der Waals surface area contributed by atoms with Crippen molar-refractivity contribution in [2.75, 3.05) is 5.32 Å². The van der Waals surface area contributed by atoms with E-state index in [4.69, 9.17) is 16.8 Å². The zero-order chi connectivity index (χ0) is 24.5. The number of hydrogen-bond acceptors (Lipinski definition) is 6. The zero-order valence-electron chi connectivity index (χ0n) is 17.9. The maximum atomic E-state index is 14.7. The summed E-state index contributed by atoms with van der Waals surface area (Å²) in [5.74, 6) is -1.82. The van der Waals surface area contributed by atoms with Crippen molar-refractivity contribution >= 4 is 34.9 Å². The molecule has 0 atom stereocenters. The van der Waals surface area contributed by atoms with Gasteiger partial charge < -0.3 is 5.32 Å². The number of carbonyl (C=O) groups excluding carboxylic acids is 1. The van der Waals surface area contributed by atoms with Gasteiger partial charge in [0.15, 0.2) is 0 Å². The van der Waals surface area contributed by atoms with Gasteiger partial charge in [-0.05, 0) is 48.5 Å². The van der Waals surface area contributed by atoms with Gasteiger partial charge in [-0.25, -0.2) is 24.2 Å². The van der Waals surface area contributed by atoms with Crippen LogP contribution in [0.15, 0.2) is 71.9 Å². The lowest BCUT2D eigenvalue weighted by atomic mass is 9.95. The van der Waals surface area contributed by atoms with Gasteiger partial charge in [0.25, 0.3) is 5.91 Å². The number of amides is 1. The van der Waals surface area contributed by atoms with Crippen molar-refractivity contribution in [3.05, 3.63) is 106 Å². The van der Waals surface area contributed by atoms with Gasteiger partial charge in [0.05, 0.1) is 23.5 Å². The summed E-state index contributed by atoms with van der Waals surface area (Å²) in [6.07, 6.45) is 1.60. The normalized spacial score (nSPS) is 12.2. The molecule has 0 unspecified atom stereocenters. The van der Waals surface area contributed by atoms with Crippen LogP contribution in [0.25, 0.3) is 11.3 Å². The summed E-state index contributed by atoms with van der Waals surface area (Å²) in [5.41, 5.74) is 4.62. The number of anilines is 2. The van der Waals surface area contributed by atoms with Crippen LogP contribution < -0.4 is 10.8 Å². The molecule has 2 heterocycles. The van der Waals surface area contributed by atoms with Gasteiger partial charge >= 0.3 is 0 Å². The van der Waals surface area contributed by atoms with E-state index in [0.717, 1.165) is 0 Å². The lowest BCUT2D eigenvalue weighted by Crippen LogP contribution is -2.18. The van der Waals surface area contributed by atoms with E-state index in [1.807, 2.05) is 0 Å². The minimum Gasteiger partial charge on any atom is -0.324 e. The first-order chi connectivity index (χ1) is 16.9. The Hall–Kier alpha value is -4.21. The van der Waals surface area contributed by atoms with Crippen LogP contribution >= 0.6 is 11.6 Å². The second kappa shape index (κ2) is 9.21. The third-order valence-electron chi connectivity index (χ3n) is 5.47. The molecule has 3 aromatic carbocycles. The number of rotatable bonds is 4.